The molecule has 0 aliphatic carbocycles. The second-order valence-corrected chi connectivity index (χ2v) is 6.84. The number of anilines is 1. The number of rotatable bonds is 5. The van der Waals surface area contributed by atoms with Gasteiger partial charge in [-0.05, 0) is 35.2 Å². The number of nitrogens with one attached hydrogen (secondary N) is 1. The number of nitrogens with zero attached hydrogens (tertiary/aromatic N) is 2. The van der Waals surface area contributed by atoms with E-state index in [1.165, 1.54) is 11.1 Å². The average Bonchev–Trinajstić information content (AvgIpc) is 3.26. The summed E-state index contributed by atoms with van der Waals surface area (Å²) in [5, 5.41) is 3.42. The topological polar surface area (TPSA) is 48.3 Å². The van der Waals surface area contributed by atoms with Crippen molar-refractivity contribution in [3.63, 3.8) is 0 Å². The molecule has 0 fully saturated rings. The predicted octanol–water partition coefficient (Wildman–Crippen LogP) is 4.55. The summed E-state index contributed by atoms with van der Waals surface area (Å²) in [5.74, 6) is 2.96. The van der Waals surface area contributed by atoms with Gasteiger partial charge in [-0.15, -0.1) is 0 Å². The van der Waals surface area contributed by atoms with E-state index in [2.05, 4.69) is 53.0 Å². The summed E-state index contributed by atoms with van der Waals surface area (Å²) in [7, 11) is 2.01. The van der Waals surface area contributed by atoms with Crippen LogP contribution in [0.25, 0.3) is 11.3 Å². The maximum Gasteiger partial charge on any atom is 0.231 e. The molecule has 5 nitrogen and oxygen atoms in total. The molecule has 134 valence electrons. The Kier molecular flexibility index (Phi) is 4.29. The van der Waals surface area contributed by atoms with Gasteiger partial charge in [-0.1, -0.05) is 38.1 Å². The largest absolute Gasteiger partial charge is 0.454 e. The lowest BCUT2D eigenvalue weighted by molar-refractivity contribution is 0.174. The van der Waals surface area contributed by atoms with Crippen LogP contribution in [0.4, 0.5) is 5.95 Å². The molecule has 0 saturated carbocycles. The lowest BCUT2D eigenvalue weighted by atomic mass is 10.0. The maximum atomic E-state index is 5.47. The number of ether oxygens (including phenoxy) is 2. The summed E-state index contributed by atoms with van der Waals surface area (Å²) >= 11 is 0. The van der Waals surface area contributed by atoms with E-state index < -0.39 is 0 Å². The summed E-state index contributed by atoms with van der Waals surface area (Å²) in [6, 6.07) is 14.7. The molecular weight excluding hydrogens is 326 g/mol. The van der Waals surface area contributed by atoms with Gasteiger partial charge in [-0.2, -0.15) is 0 Å². The van der Waals surface area contributed by atoms with Crippen molar-refractivity contribution in [2.45, 2.75) is 26.3 Å². The predicted molar refractivity (Wildman–Crippen MR) is 103 cm³/mol. The Bertz CT molecular complexity index is 914. The van der Waals surface area contributed by atoms with Gasteiger partial charge in [0.25, 0.3) is 0 Å². The second kappa shape index (κ2) is 6.75. The molecule has 4 rings (SSSR count). The van der Waals surface area contributed by atoms with Gasteiger partial charge in [0.15, 0.2) is 11.5 Å². The Morgan fingerprint density at radius 3 is 2.62 bits per heavy atom. The molecule has 2 aromatic carbocycles. The van der Waals surface area contributed by atoms with E-state index in [-0.39, 0.29) is 6.79 Å². The van der Waals surface area contributed by atoms with Crippen LogP contribution in [0.2, 0.25) is 0 Å². The lowest BCUT2D eigenvalue weighted by Gasteiger charge is -2.10. The fourth-order valence-corrected chi connectivity index (χ4v) is 3.10. The Hall–Kier alpha value is -2.95. The SMILES string of the molecule is CC(C)c1ccc(CNc2ncc(-c3ccc4c(c3)OCO4)n2C)cc1. The number of hydrogen-bond donors (Lipinski definition) is 1. The van der Waals surface area contributed by atoms with Gasteiger partial charge in [0.1, 0.15) is 0 Å². The number of benzene rings is 2. The van der Waals surface area contributed by atoms with E-state index in [1.54, 1.807) is 0 Å². The van der Waals surface area contributed by atoms with Crippen molar-refractivity contribution in [3.8, 4) is 22.8 Å². The monoisotopic (exact) mass is 349 g/mol. The highest BCUT2D eigenvalue weighted by Gasteiger charge is 2.16. The van der Waals surface area contributed by atoms with Crippen LogP contribution in [-0.2, 0) is 13.6 Å². The summed E-state index contributed by atoms with van der Waals surface area (Å²) in [6.07, 6.45) is 1.88. The molecule has 1 aliphatic heterocycles. The van der Waals surface area contributed by atoms with Crippen molar-refractivity contribution < 1.29 is 9.47 Å². The molecule has 0 amide bonds. The zero-order valence-electron chi connectivity index (χ0n) is 15.3. The van der Waals surface area contributed by atoms with Crippen molar-refractivity contribution in [1.29, 1.82) is 0 Å². The second-order valence-electron chi connectivity index (χ2n) is 6.84. The summed E-state index contributed by atoms with van der Waals surface area (Å²) < 4.78 is 12.9. The number of hydrogen-bond acceptors (Lipinski definition) is 4. The van der Waals surface area contributed by atoms with Gasteiger partial charge in [0.2, 0.25) is 12.7 Å². The van der Waals surface area contributed by atoms with E-state index in [4.69, 9.17) is 9.47 Å². The third-order valence-electron chi connectivity index (χ3n) is 4.75. The Balaban J connectivity index is 1.49. The standard InChI is InChI=1S/C21H23N3O2/c1-14(2)16-6-4-15(5-7-16)11-22-21-23-12-18(24(21)3)17-8-9-19-20(10-17)26-13-25-19/h4-10,12,14H,11,13H2,1-3H3,(H,22,23). The van der Waals surface area contributed by atoms with Gasteiger partial charge < -0.3 is 19.4 Å². The molecular formula is C21H23N3O2. The fourth-order valence-electron chi connectivity index (χ4n) is 3.10. The Morgan fingerprint density at radius 2 is 1.85 bits per heavy atom. The molecule has 0 bridgehead atoms. The highest BCUT2D eigenvalue weighted by Crippen LogP contribution is 2.36. The lowest BCUT2D eigenvalue weighted by Crippen LogP contribution is -2.05. The minimum atomic E-state index is 0.284. The van der Waals surface area contributed by atoms with Crippen LogP contribution in [0.1, 0.15) is 30.9 Å². The zero-order chi connectivity index (χ0) is 18.1. The van der Waals surface area contributed by atoms with E-state index in [1.807, 2.05) is 31.4 Å². The van der Waals surface area contributed by atoms with Gasteiger partial charge in [-0.25, -0.2) is 4.98 Å². The van der Waals surface area contributed by atoms with E-state index in [0.29, 0.717) is 5.92 Å². The average molecular weight is 349 g/mol. The quantitative estimate of drug-likeness (QED) is 0.734. The number of aromatic nitrogens is 2. The number of fused-ring (bicyclic) bond motifs is 1. The highest BCUT2D eigenvalue weighted by molar-refractivity contribution is 5.66. The van der Waals surface area contributed by atoms with E-state index >= 15 is 0 Å². The third-order valence-corrected chi connectivity index (χ3v) is 4.75. The summed E-state index contributed by atoms with van der Waals surface area (Å²) in [6.45, 7) is 5.44. The minimum Gasteiger partial charge on any atom is -0.454 e. The smallest absolute Gasteiger partial charge is 0.231 e. The first-order chi connectivity index (χ1) is 12.6. The molecule has 1 N–H and O–H groups in total. The normalized spacial score (nSPS) is 12.6. The van der Waals surface area contributed by atoms with Crippen LogP contribution >= 0.6 is 0 Å². The van der Waals surface area contributed by atoms with Gasteiger partial charge in [-0.3, -0.25) is 0 Å². The highest BCUT2D eigenvalue weighted by atomic mass is 16.7. The molecule has 3 aromatic rings. The molecule has 1 aromatic heterocycles. The van der Waals surface area contributed by atoms with Crippen LogP contribution in [0, 0.1) is 0 Å². The fraction of sp³-hybridized carbons (Fsp3) is 0.286. The van der Waals surface area contributed by atoms with Gasteiger partial charge in [0, 0.05) is 19.2 Å². The molecule has 0 saturated heterocycles. The first-order valence-electron chi connectivity index (χ1n) is 8.86. The van der Waals surface area contributed by atoms with E-state index in [0.717, 1.165) is 35.2 Å². The van der Waals surface area contributed by atoms with Crippen LogP contribution in [0.5, 0.6) is 11.5 Å². The van der Waals surface area contributed by atoms with Crippen molar-refractivity contribution >= 4 is 5.95 Å². The van der Waals surface area contributed by atoms with Gasteiger partial charge in [0.05, 0.1) is 11.9 Å². The summed E-state index contributed by atoms with van der Waals surface area (Å²) in [4.78, 5) is 4.53. The minimum absolute atomic E-state index is 0.284. The first kappa shape index (κ1) is 16.5. The van der Waals surface area contributed by atoms with Crippen LogP contribution in [0.15, 0.2) is 48.7 Å². The van der Waals surface area contributed by atoms with Crippen molar-refractivity contribution in [2.75, 3.05) is 12.1 Å². The number of imidazole rings is 1. The van der Waals surface area contributed by atoms with Crippen LogP contribution in [-0.4, -0.2) is 16.3 Å². The van der Waals surface area contributed by atoms with Crippen molar-refractivity contribution in [2.24, 2.45) is 7.05 Å². The van der Waals surface area contributed by atoms with Gasteiger partial charge >= 0.3 is 0 Å². The molecule has 0 atom stereocenters. The van der Waals surface area contributed by atoms with Crippen LogP contribution < -0.4 is 14.8 Å². The third kappa shape index (κ3) is 3.12. The molecule has 26 heavy (non-hydrogen) atoms. The zero-order valence-corrected chi connectivity index (χ0v) is 15.3. The molecule has 0 radical (unpaired) electrons. The molecule has 0 spiro atoms. The van der Waals surface area contributed by atoms with E-state index in [9.17, 15) is 0 Å². The van der Waals surface area contributed by atoms with Crippen molar-refractivity contribution in [1.82, 2.24) is 9.55 Å². The first-order valence-corrected chi connectivity index (χ1v) is 8.86. The molecule has 2 heterocycles. The molecule has 5 heteroatoms. The molecule has 1 aliphatic rings. The van der Waals surface area contributed by atoms with Crippen molar-refractivity contribution in [3.05, 3.63) is 59.8 Å². The Morgan fingerprint density at radius 1 is 1.08 bits per heavy atom. The molecule has 0 unspecified atom stereocenters. The Labute approximate surface area is 153 Å². The maximum absolute atomic E-state index is 5.47. The van der Waals surface area contributed by atoms with Crippen LogP contribution in [0.3, 0.4) is 0 Å². The summed E-state index contributed by atoms with van der Waals surface area (Å²) in [5.41, 5.74) is 4.68.